The Morgan fingerprint density at radius 1 is 0.875 bits per heavy atom. The molecular weight excluding hydrogens is 301 g/mol. The first kappa shape index (κ1) is 15.9. The minimum Gasteiger partial charge on any atom is -0.355 e. The van der Waals surface area contributed by atoms with Crippen LogP contribution in [0.15, 0.2) is 78.9 Å². The van der Waals surface area contributed by atoms with E-state index in [1.165, 1.54) is 12.1 Å². The lowest BCUT2D eigenvalue weighted by Crippen LogP contribution is -2.06. The van der Waals surface area contributed by atoms with Crippen molar-refractivity contribution >= 4 is 17.2 Å². The molecule has 3 aromatic carbocycles. The number of ketones is 1. The van der Waals surface area contributed by atoms with E-state index in [0.717, 1.165) is 11.3 Å². The van der Waals surface area contributed by atoms with E-state index in [1.54, 1.807) is 6.07 Å². The quantitative estimate of drug-likeness (QED) is 0.618. The number of rotatable bonds is 6. The number of carbonyl (C=O) groups is 1. The topological polar surface area (TPSA) is 29.1 Å². The van der Waals surface area contributed by atoms with Crippen molar-refractivity contribution < 1.29 is 9.18 Å². The Balaban J connectivity index is 1.78. The highest BCUT2D eigenvalue weighted by Gasteiger charge is 2.13. The van der Waals surface area contributed by atoms with Crippen LogP contribution < -0.4 is 5.32 Å². The molecule has 3 aromatic rings. The standard InChI is InChI=1S/C21H18FNO/c22-17-12-13-19(20(15-17)23-18-9-5-2-6-10-18)21(24)14-11-16-7-3-1-4-8-16/h1-10,12-13,15,23H,11,14H2. The SMILES string of the molecule is O=C(CCc1ccccc1)c1ccc(F)cc1Nc1ccccc1. The van der Waals surface area contributed by atoms with Gasteiger partial charge in [-0.15, -0.1) is 0 Å². The highest BCUT2D eigenvalue weighted by molar-refractivity contribution is 6.01. The minimum absolute atomic E-state index is 0.00251. The highest BCUT2D eigenvalue weighted by atomic mass is 19.1. The number of hydrogen-bond acceptors (Lipinski definition) is 2. The Bertz CT molecular complexity index is 816. The van der Waals surface area contributed by atoms with Gasteiger partial charge in [-0.05, 0) is 42.3 Å². The Labute approximate surface area is 141 Å². The van der Waals surface area contributed by atoms with Crippen LogP contribution in [0.2, 0.25) is 0 Å². The fourth-order valence-corrected chi connectivity index (χ4v) is 2.58. The second-order valence-corrected chi connectivity index (χ2v) is 5.59. The molecule has 0 heterocycles. The maximum atomic E-state index is 13.6. The van der Waals surface area contributed by atoms with E-state index in [0.29, 0.717) is 24.1 Å². The van der Waals surface area contributed by atoms with Gasteiger partial charge in [-0.2, -0.15) is 0 Å². The number of nitrogens with one attached hydrogen (secondary N) is 1. The second kappa shape index (κ2) is 7.55. The number of carbonyl (C=O) groups excluding carboxylic acids is 1. The van der Waals surface area contributed by atoms with Gasteiger partial charge < -0.3 is 5.32 Å². The van der Waals surface area contributed by atoms with Crippen LogP contribution in [0.3, 0.4) is 0 Å². The van der Waals surface area contributed by atoms with Crippen LogP contribution in [0, 0.1) is 5.82 Å². The molecule has 3 rings (SSSR count). The van der Waals surface area contributed by atoms with Crippen molar-refractivity contribution in [2.45, 2.75) is 12.8 Å². The molecule has 0 radical (unpaired) electrons. The molecule has 0 spiro atoms. The number of anilines is 2. The average Bonchev–Trinajstić information content (AvgIpc) is 2.62. The van der Waals surface area contributed by atoms with Gasteiger partial charge in [0.2, 0.25) is 0 Å². The molecule has 1 N–H and O–H groups in total. The van der Waals surface area contributed by atoms with Gasteiger partial charge in [0, 0.05) is 17.7 Å². The van der Waals surface area contributed by atoms with Gasteiger partial charge in [-0.1, -0.05) is 48.5 Å². The number of benzene rings is 3. The summed E-state index contributed by atoms with van der Waals surface area (Å²) in [4.78, 5) is 12.6. The predicted molar refractivity (Wildman–Crippen MR) is 95.2 cm³/mol. The summed E-state index contributed by atoms with van der Waals surface area (Å²) in [5.41, 5.74) is 2.95. The summed E-state index contributed by atoms with van der Waals surface area (Å²) in [6, 6.07) is 23.5. The van der Waals surface area contributed by atoms with Crippen molar-refractivity contribution in [2.24, 2.45) is 0 Å². The van der Waals surface area contributed by atoms with Gasteiger partial charge >= 0.3 is 0 Å². The first-order valence-electron chi connectivity index (χ1n) is 7.91. The van der Waals surface area contributed by atoms with Crippen LogP contribution in [-0.2, 0) is 6.42 Å². The lowest BCUT2D eigenvalue weighted by atomic mass is 10.0. The van der Waals surface area contributed by atoms with Gasteiger partial charge in [0.25, 0.3) is 0 Å². The molecule has 0 saturated carbocycles. The molecule has 2 nitrogen and oxygen atoms in total. The van der Waals surface area contributed by atoms with Crippen molar-refractivity contribution in [3.8, 4) is 0 Å². The Morgan fingerprint density at radius 2 is 1.54 bits per heavy atom. The van der Waals surface area contributed by atoms with Gasteiger partial charge in [0.1, 0.15) is 5.82 Å². The molecule has 24 heavy (non-hydrogen) atoms. The third-order valence-electron chi connectivity index (χ3n) is 3.82. The molecule has 3 heteroatoms. The normalized spacial score (nSPS) is 10.4. The summed E-state index contributed by atoms with van der Waals surface area (Å²) < 4.78 is 13.6. The summed E-state index contributed by atoms with van der Waals surface area (Å²) in [6.45, 7) is 0. The fourth-order valence-electron chi connectivity index (χ4n) is 2.58. The van der Waals surface area contributed by atoms with Crippen LogP contribution >= 0.6 is 0 Å². The van der Waals surface area contributed by atoms with E-state index in [4.69, 9.17) is 0 Å². The third-order valence-corrected chi connectivity index (χ3v) is 3.82. The first-order valence-corrected chi connectivity index (χ1v) is 7.91. The largest absolute Gasteiger partial charge is 0.355 e. The minimum atomic E-state index is -0.368. The number of Topliss-reactive ketones (excluding diaryl/α,β-unsaturated/α-hetero) is 1. The summed E-state index contributed by atoms with van der Waals surface area (Å²) in [7, 11) is 0. The van der Waals surface area contributed by atoms with Gasteiger partial charge in [0.15, 0.2) is 5.78 Å². The molecule has 0 atom stereocenters. The lowest BCUT2D eigenvalue weighted by Gasteiger charge is -2.12. The van der Waals surface area contributed by atoms with Crippen molar-refractivity contribution in [1.29, 1.82) is 0 Å². The molecule has 0 aliphatic heterocycles. The van der Waals surface area contributed by atoms with Crippen molar-refractivity contribution in [2.75, 3.05) is 5.32 Å². The number of hydrogen-bond donors (Lipinski definition) is 1. The maximum absolute atomic E-state index is 13.6. The van der Waals surface area contributed by atoms with Crippen LogP contribution in [-0.4, -0.2) is 5.78 Å². The first-order chi connectivity index (χ1) is 11.7. The molecule has 0 aliphatic rings. The van der Waals surface area contributed by atoms with Gasteiger partial charge in [-0.3, -0.25) is 4.79 Å². The van der Waals surface area contributed by atoms with Gasteiger partial charge in [-0.25, -0.2) is 4.39 Å². The van der Waals surface area contributed by atoms with E-state index in [-0.39, 0.29) is 11.6 Å². The van der Waals surface area contributed by atoms with E-state index in [1.807, 2.05) is 60.7 Å². The Kier molecular flexibility index (Phi) is 5.02. The summed E-state index contributed by atoms with van der Waals surface area (Å²) in [5, 5.41) is 3.13. The average molecular weight is 319 g/mol. The monoisotopic (exact) mass is 319 g/mol. The fraction of sp³-hybridized carbons (Fsp3) is 0.0952. The molecule has 0 aliphatic carbocycles. The Hall–Kier alpha value is -2.94. The molecule has 0 fully saturated rings. The predicted octanol–water partition coefficient (Wildman–Crippen LogP) is 5.38. The van der Waals surface area contributed by atoms with E-state index in [9.17, 15) is 9.18 Å². The Morgan fingerprint density at radius 3 is 2.25 bits per heavy atom. The zero-order valence-corrected chi connectivity index (χ0v) is 13.2. The zero-order valence-electron chi connectivity index (χ0n) is 13.2. The van der Waals surface area contributed by atoms with Crippen molar-refractivity contribution in [3.05, 3.63) is 95.8 Å². The zero-order chi connectivity index (χ0) is 16.8. The summed E-state index contributed by atoms with van der Waals surface area (Å²) in [5.74, 6) is -0.370. The summed E-state index contributed by atoms with van der Waals surface area (Å²) >= 11 is 0. The smallest absolute Gasteiger partial charge is 0.165 e. The molecular formula is C21H18FNO. The molecule has 0 unspecified atom stereocenters. The third kappa shape index (κ3) is 4.07. The molecule has 0 aromatic heterocycles. The van der Waals surface area contributed by atoms with Crippen LogP contribution in [0.4, 0.5) is 15.8 Å². The lowest BCUT2D eigenvalue weighted by molar-refractivity contribution is 0.0983. The van der Waals surface area contributed by atoms with Crippen molar-refractivity contribution in [1.82, 2.24) is 0 Å². The maximum Gasteiger partial charge on any atom is 0.165 e. The molecule has 0 amide bonds. The van der Waals surface area contributed by atoms with Crippen LogP contribution in [0.1, 0.15) is 22.3 Å². The molecule has 120 valence electrons. The van der Waals surface area contributed by atoms with E-state index >= 15 is 0 Å². The summed E-state index contributed by atoms with van der Waals surface area (Å²) in [6.07, 6.45) is 1.06. The van der Waals surface area contributed by atoms with Crippen LogP contribution in [0.5, 0.6) is 0 Å². The van der Waals surface area contributed by atoms with Crippen LogP contribution in [0.25, 0.3) is 0 Å². The van der Waals surface area contributed by atoms with E-state index < -0.39 is 0 Å². The number of para-hydroxylation sites is 1. The van der Waals surface area contributed by atoms with Gasteiger partial charge in [0.05, 0.1) is 5.69 Å². The number of aryl methyl sites for hydroxylation is 1. The van der Waals surface area contributed by atoms with E-state index in [2.05, 4.69) is 5.32 Å². The molecule has 0 saturated heterocycles. The highest BCUT2D eigenvalue weighted by Crippen LogP contribution is 2.24. The van der Waals surface area contributed by atoms with Crippen molar-refractivity contribution in [3.63, 3.8) is 0 Å². The second-order valence-electron chi connectivity index (χ2n) is 5.59. The number of halogens is 1. The molecule has 0 bridgehead atoms.